The summed E-state index contributed by atoms with van der Waals surface area (Å²) in [6.45, 7) is 6.48. The summed E-state index contributed by atoms with van der Waals surface area (Å²) in [5.41, 5.74) is 5.32. The molecule has 17 heavy (non-hydrogen) atoms. The van der Waals surface area contributed by atoms with E-state index in [2.05, 4.69) is 15.9 Å². The monoisotopic (exact) mass is 304 g/mol. The second-order valence-electron chi connectivity index (χ2n) is 5.16. The number of rotatable bonds is 3. The van der Waals surface area contributed by atoms with Gasteiger partial charge < -0.3 is 10.6 Å². The van der Waals surface area contributed by atoms with E-state index in [-0.39, 0.29) is 34.5 Å². The van der Waals surface area contributed by atoms with E-state index in [4.69, 9.17) is 5.73 Å². The molecule has 3 atom stereocenters. The minimum absolute atomic E-state index is 0.0680. The molecule has 0 spiro atoms. The van der Waals surface area contributed by atoms with Crippen LogP contribution < -0.4 is 5.73 Å². The fraction of sp³-hybridized carbons (Fsp3) is 0.833. The van der Waals surface area contributed by atoms with E-state index in [0.29, 0.717) is 6.54 Å². The highest BCUT2D eigenvalue weighted by Gasteiger charge is 2.34. The van der Waals surface area contributed by atoms with Gasteiger partial charge in [0.05, 0.1) is 10.7 Å². The van der Waals surface area contributed by atoms with E-state index in [9.17, 15) is 9.59 Å². The highest BCUT2D eigenvalue weighted by molar-refractivity contribution is 9.10. The Morgan fingerprint density at radius 3 is 2.41 bits per heavy atom. The van der Waals surface area contributed by atoms with Crippen LogP contribution in [0.3, 0.4) is 0 Å². The fourth-order valence-electron chi connectivity index (χ4n) is 2.09. The van der Waals surface area contributed by atoms with E-state index in [0.717, 1.165) is 12.8 Å². The maximum absolute atomic E-state index is 12.2. The Bertz CT molecular complexity index is 307. The van der Waals surface area contributed by atoms with Crippen LogP contribution in [0.25, 0.3) is 0 Å². The van der Waals surface area contributed by atoms with Crippen molar-refractivity contribution in [3.05, 3.63) is 0 Å². The predicted octanol–water partition coefficient (Wildman–Crippen LogP) is 1.52. The SMILES string of the molecule is CC(C)C(Br)C(=O)N1CC(C(N)=O)CCC1C. The van der Waals surface area contributed by atoms with E-state index in [1.807, 2.05) is 20.8 Å². The van der Waals surface area contributed by atoms with Crippen LogP contribution in [0.1, 0.15) is 33.6 Å². The molecule has 5 heteroatoms. The first-order valence-electron chi connectivity index (χ1n) is 6.08. The topological polar surface area (TPSA) is 63.4 Å². The van der Waals surface area contributed by atoms with Gasteiger partial charge in [0, 0.05) is 12.6 Å². The van der Waals surface area contributed by atoms with Crippen LogP contribution in [0.5, 0.6) is 0 Å². The first-order chi connectivity index (χ1) is 7.84. The van der Waals surface area contributed by atoms with Gasteiger partial charge in [-0.3, -0.25) is 9.59 Å². The number of carbonyl (C=O) groups excluding carboxylic acids is 2. The van der Waals surface area contributed by atoms with Gasteiger partial charge >= 0.3 is 0 Å². The average molecular weight is 305 g/mol. The van der Waals surface area contributed by atoms with E-state index < -0.39 is 0 Å². The minimum Gasteiger partial charge on any atom is -0.369 e. The van der Waals surface area contributed by atoms with Gasteiger partial charge in [0.15, 0.2) is 0 Å². The molecule has 1 rings (SSSR count). The van der Waals surface area contributed by atoms with E-state index in [1.54, 1.807) is 4.90 Å². The Balaban J connectivity index is 2.73. The van der Waals surface area contributed by atoms with Crippen LogP contribution in [0.2, 0.25) is 0 Å². The molecule has 0 aliphatic carbocycles. The van der Waals surface area contributed by atoms with Crippen LogP contribution in [0, 0.1) is 11.8 Å². The summed E-state index contributed by atoms with van der Waals surface area (Å²) in [7, 11) is 0. The molecule has 98 valence electrons. The molecule has 1 fully saturated rings. The zero-order valence-corrected chi connectivity index (χ0v) is 12.2. The molecule has 1 aliphatic rings. The van der Waals surface area contributed by atoms with Crippen LogP contribution in [0.15, 0.2) is 0 Å². The number of primary amides is 1. The van der Waals surface area contributed by atoms with Crippen molar-refractivity contribution in [1.29, 1.82) is 0 Å². The molecule has 1 aliphatic heterocycles. The molecule has 1 heterocycles. The first kappa shape index (κ1) is 14.5. The second kappa shape index (κ2) is 5.85. The van der Waals surface area contributed by atoms with Crippen molar-refractivity contribution in [1.82, 2.24) is 4.90 Å². The molecule has 0 aromatic heterocycles. The number of nitrogens with zero attached hydrogens (tertiary/aromatic N) is 1. The lowest BCUT2D eigenvalue weighted by atomic mass is 9.92. The average Bonchev–Trinajstić information content (AvgIpc) is 2.27. The number of hydrogen-bond donors (Lipinski definition) is 1. The molecule has 0 aromatic carbocycles. The first-order valence-corrected chi connectivity index (χ1v) is 7.00. The number of carbonyl (C=O) groups is 2. The third kappa shape index (κ3) is 3.44. The van der Waals surface area contributed by atoms with Gasteiger partial charge in [-0.2, -0.15) is 0 Å². The van der Waals surface area contributed by atoms with E-state index >= 15 is 0 Å². The lowest BCUT2D eigenvalue weighted by Gasteiger charge is -2.38. The molecule has 1 saturated heterocycles. The summed E-state index contributed by atoms with van der Waals surface area (Å²) >= 11 is 3.42. The summed E-state index contributed by atoms with van der Waals surface area (Å²) in [4.78, 5) is 25.1. The number of hydrogen-bond acceptors (Lipinski definition) is 2. The minimum atomic E-state index is -0.301. The van der Waals surface area contributed by atoms with Crippen molar-refractivity contribution in [2.45, 2.75) is 44.5 Å². The van der Waals surface area contributed by atoms with Gasteiger partial charge in [-0.1, -0.05) is 29.8 Å². The Hall–Kier alpha value is -0.580. The zero-order valence-electron chi connectivity index (χ0n) is 10.6. The van der Waals surface area contributed by atoms with Gasteiger partial charge in [0.2, 0.25) is 11.8 Å². The zero-order chi connectivity index (χ0) is 13.2. The molecule has 3 unspecified atom stereocenters. The largest absolute Gasteiger partial charge is 0.369 e. The molecular weight excluding hydrogens is 284 g/mol. The molecule has 0 aromatic rings. The molecular formula is C12H21BrN2O2. The number of alkyl halides is 1. The van der Waals surface area contributed by atoms with E-state index in [1.165, 1.54) is 0 Å². The Morgan fingerprint density at radius 2 is 1.94 bits per heavy atom. The Labute approximate surface area is 111 Å². The number of likely N-dealkylation sites (tertiary alicyclic amines) is 1. The summed E-state index contributed by atoms with van der Waals surface area (Å²) in [5.74, 6) is -0.186. The third-order valence-electron chi connectivity index (χ3n) is 3.39. The van der Waals surface area contributed by atoms with Crippen LogP contribution in [-0.4, -0.2) is 34.1 Å². The molecule has 0 bridgehead atoms. The van der Waals surface area contributed by atoms with Crippen molar-refractivity contribution < 1.29 is 9.59 Å². The van der Waals surface area contributed by atoms with Gasteiger partial charge in [-0.25, -0.2) is 0 Å². The third-order valence-corrected chi connectivity index (χ3v) is 4.84. The highest BCUT2D eigenvalue weighted by atomic mass is 79.9. The summed E-state index contributed by atoms with van der Waals surface area (Å²) in [6, 6.07) is 0.192. The highest BCUT2D eigenvalue weighted by Crippen LogP contribution is 2.25. The molecule has 2 N–H and O–H groups in total. The summed E-state index contributed by atoms with van der Waals surface area (Å²) in [5, 5.41) is 0. The number of piperidine rings is 1. The summed E-state index contributed by atoms with van der Waals surface area (Å²) in [6.07, 6.45) is 1.63. The van der Waals surface area contributed by atoms with Gasteiger partial charge in [0.1, 0.15) is 0 Å². The maximum Gasteiger partial charge on any atom is 0.236 e. The second-order valence-corrected chi connectivity index (χ2v) is 6.15. The normalized spacial score (nSPS) is 27.0. The fourth-order valence-corrected chi connectivity index (χ4v) is 2.35. The standard InChI is InChI=1S/C12H21BrN2O2/c1-7(2)10(13)12(17)15-6-9(11(14)16)5-4-8(15)3/h7-10H,4-6H2,1-3H3,(H2,14,16). The van der Waals surface area contributed by atoms with Crippen molar-refractivity contribution in [3.63, 3.8) is 0 Å². The molecule has 0 saturated carbocycles. The summed E-state index contributed by atoms with van der Waals surface area (Å²) < 4.78 is 0. The van der Waals surface area contributed by atoms with Crippen molar-refractivity contribution in [3.8, 4) is 0 Å². The van der Waals surface area contributed by atoms with Gasteiger partial charge in [0.25, 0.3) is 0 Å². The van der Waals surface area contributed by atoms with Crippen LogP contribution >= 0.6 is 15.9 Å². The lowest BCUT2D eigenvalue weighted by molar-refractivity contribution is -0.137. The maximum atomic E-state index is 12.2. The van der Waals surface area contributed by atoms with Gasteiger partial charge in [-0.15, -0.1) is 0 Å². The number of amides is 2. The van der Waals surface area contributed by atoms with Crippen molar-refractivity contribution in [2.75, 3.05) is 6.54 Å². The van der Waals surface area contributed by atoms with Crippen molar-refractivity contribution in [2.24, 2.45) is 17.6 Å². The van der Waals surface area contributed by atoms with Gasteiger partial charge in [-0.05, 0) is 25.7 Å². The predicted molar refractivity (Wildman–Crippen MR) is 70.6 cm³/mol. The Morgan fingerprint density at radius 1 is 1.35 bits per heavy atom. The molecule has 2 amide bonds. The van der Waals surface area contributed by atoms with Crippen molar-refractivity contribution >= 4 is 27.7 Å². The molecule has 0 radical (unpaired) electrons. The molecule has 4 nitrogen and oxygen atoms in total. The lowest BCUT2D eigenvalue weighted by Crippen LogP contribution is -2.51. The Kier molecular flexibility index (Phi) is 4.98. The quantitative estimate of drug-likeness (QED) is 0.804. The van der Waals surface area contributed by atoms with Crippen LogP contribution in [0.4, 0.5) is 0 Å². The smallest absolute Gasteiger partial charge is 0.236 e. The van der Waals surface area contributed by atoms with Crippen LogP contribution in [-0.2, 0) is 9.59 Å². The number of nitrogens with two attached hydrogens (primary N) is 1. The number of halogens is 1.